The smallest absolute Gasteiger partial charge is 0.147 e. The first kappa shape index (κ1) is 8.44. The summed E-state index contributed by atoms with van der Waals surface area (Å²) in [4.78, 5) is 10.5. The molecule has 1 aliphatic rings. The van der Waals surface area contributed by atoms with Gasteiger partial charge in [-0.15, -0.1) is 0 Å². The molecule has 1 aliphatic heterocycles. The van der Waals surface area contributed by atoms with Gasteiger partial charge in [-0.3, -0.25) is 4.98 Å². The van der Waals surface area contributed by atoms with Gasteiger partial charge in [0, 0.05) is 31.5 Å². The van der Waals surface area contributed by atoms with Crippen molar-refractivity contribution < 1.29 is 0 Å². The molecule has 4 heteroatoms. The minimum atomic E-state index is 0.288. The summed E-state index contributed by atoms with van der Waals surface area (Å²) in [6.45, 7) is 1.95. The Balaban J connectivity index is 2.08. The first-order chi connectivity index (χ1) is 6.36. The van der Waals surface area contributed by atoms with E-state index in [4.69, 9.17) is 5.73 Å². The largest absolute Gasteiger partial charge is 0.354 e. The quantitative estimate of drug-likeness (QED) is 0.676. The first-order valence-corrected chi connectivity index (χ1v) is 4.63. The molecule has 0 radical (unpaired) electrons. The van der Waals surface area contributed by atoms with E-state index in [2.05, 4.69) is 14.9 Å². The van der Waals surface area contributed by atoms with Crippen LogP contribution in [0.2, 0.25) is 0 Å². The summed E-state index contributed by atoms with van der Waals surface area (Å²) in [5.74, 6) is 0.942. The molecule has 2 heterocycles. The molecular formula is C9H14N4. The van der Waals surface area contributed by atoms with Crippen molar-refractivity contribution in [1.82, 2.24) is 9.97 Å². The second-order valence-electron chi connectivity index (χ2n) is 3.41. The van der Waals surface area contributed by atoms with E-state index in [-0.39, 0.29) is 6.04 Å². The van der Waals surface area contributed by atoms with Gasteiger partial charge in [-0.05, 0) is 12.8 Å². The molecular weight excluding hydrogens is 164 g/mol. The van der Waals surface area contributed by atoms with Crippen LogP contribution in [0.4, 0.5) is 5.82 Å². The van der Waals surface area contributed by atoms with Crippen LogP contribution in [0.15, 0.2) is 18.6 Å². The van der Waals surface area contributed by atoms with Crippen LogP contribution in [-0.4, -0.2) is 29.1 Å². The highest BCUT2D eigenvalue weighted by molar-refractivity contribution is 5.35. The number of hydrogen-bond donors (Lipinski definition) is 1. The summed E-state index contributed by atoms with van der Waals surface area (Å²) in [7, 11) is 0. The molecule has 70 valence electrons. The van der Waals surface area contributed by atoms with E-state index < -0.39 is 0 Å². The van der Waals surface area contributed by atoms with E-state index in [1.807, 2.05) is 0 Å². The average Bonchev–Trinajstić information content (AvgIpc) is 2.19. The molecule has 1 atom stereocenters. The monoisotopic (exact) mass is 178 g/mol. The minimum Gasteiger partial charge on any atom is -0.354 e. The Hall–Kier alpha value is -1.16. The Morgan fingerprint density at radius 3 is 3.08 bits per heavy atom. The van der Waals surface area contributed by atoms with Gasteiger partial charge >= 0.3 is 0 Å². The molecule has 0 saturated carbocycles. The molecule has 0 spiro atoms. The SMILES string of the molecule is NC1CCCN(c2cnccn2)C1. The Bertz CT molecular complexity index is 262. The zero-order valence-electron chi connectivity index (χ0n) is 7.56. The van der Waals surface area contributed by atoms with Gasteiger partial charge in [0.05, 0.1) is 6.20 Å². The van der Waals surface area contributed by atoms with Crippen LogP contribution in [0.5, 0.6) is 0 Å². The van der Waals surface area contributed by atoms with Crippen LogP contribution in [0.3, 0.4) is 0 Å². The van der Waals surface area contributed by atoms with Crippen molar-refractivity contribution in [3.8, 4) is 0 Å². The zero-order valence-corrected chi connectivity index (χ0v) is 7.56. The van der Waals surface area contributed by atoms with Crippen LogP contribution in [0.1, 0.15) is 12.8 Å². The van der Waals surface area contributed by atoms with E-state index in [9.17, 15) is 0 Å². The third-order valence-corrected chi connectivity index (χ3v) is 2.33. The number of anilines is 1. The number of rotatable bonds is 1. The molecule has 1 unspecified atom stereocenters. The van der Waals surface area contributed by atoms with Crippen molar-refractivity contribution in [2.45, 2.75) is 18.9 Å². The number of nitrogens with zero attached hydrogens (tertiary/aromatic N) is 3. The van der Waals surface area contributed by atoms with Crippen molar-refractivity contribution in [1.29, 1.82) is 0 Å². The second-order valence-corrected chi connectivity index (χ2v) is 3.41. The van der Waals surface area contributed by atoms with Crippen molar-refractivity contribution in [2.24, 2.45) is 5.73 Å². The van der Waals surface area contributed by atoms with E-state index in [0.717, 1.165) is 31.7 Å². The predicted molar refractivity (Wildman–Crippen MR) is 51.5 cm³/mol. The molecule has 1 aromatic rings. The van der Waals surface area contributed by atoms with Crippen LogP contribution >= 0.6 is 0 Å². The molecule has 2 N–H and O–H groups in total. The number of nitrogens with two attached hydrogens (primary N) is 1. The number of hydrogen-bond acceptors (Lipinski definition) is 4. The van der Waals surface area contributed by atoms with Crippen LogP contribution in [0, 0.1) is 0 Å². The molecule has 13 heavy (non-hydrogen) atoms. The Morgan fingerprint density at radius 1 is 1.46 bits per heavy atom. The van der Waals surface area contributed by atoms with Gasteiger partial charge in [0.15, 0.2) is 0 Å². The highest BCUT2D eigenvalue weighted by atomic mass is 15.2. The molecule has 0 amide bonds. The highest BCUT2D eigenvalue weighted by Crippen LogP contribution is 2.14. The fraction of sp³-hybridized carbons (Fsp3) is 0.556. The summed E-state index contributed by atoms with van der Waals surface area (Å²) < 4.78 is 0. The van der Waals surface area contributed by atoms with Crippen molar-refractivity contribution >= 4 is 5.82 Å². The minimum absolute atomic E-state index is 0.288. The second kappa shape index (κ2) is 3.70. The molecule has 0 aromatic carbocycles. The van der Waals surface area contributed by atoms with E-state index in [1.54, 1.807) is 18.6 Å². The number of aromatic nitrogens is 2. The molecule has 0 bridgehead atoms. The van der Waals surface area contributed by atoms with Gasteiger partial charge in [-0.1, -0.05) is 0 Å². The van der Waals surface area contributed by atoms with Crippen LogP contribution in [0.25, 0.3) is 0 Å². The lowest BCUT2D eigenvalue weighted by molar-refractivity contribution is 0.503. The lowest BCUT2D eigenvalue weighted by Gasteiger charge is -2.31. The maximum atomic E-state index is 5.87. The number of piperidine rings is 1. The van der Waals surface area contributed by atoms with Crippen molar-refractivity contribution in [2.75, 3.05) is 18.0 Å². The molecule has 2 rings (SSSR count). The third kappa shape index (κ3) is 1.95. The van der Waals surface area contributed by atoms with Gasteiger partial charge in [0.25, 0.3) is 0 Å². The van der Waals surface area contributed by atoms with Crippen molar-refractivity contribution in [3.05, 3.63) is 18.6 Å². The van der Waals surface area contributed by atoms with Gasteiger partial charge in [-0.25, -0.2) is 4.98 Å². The fourth-order valence-electron chi connectivity index (χ4n) is 1.67. The summed E-state index contributed by atoms with van der Waals surface area (Å²) in [6, 6.07) is 0.288. The maximum absolute atomic E-state index is 5.87. The van der Waals surface area contributed by atoms with E-state index >= 15 is 0 Å². The van der Waals surface area contributed by atoms with Crippen LogP contribution in [-0.2, 0) is 0 Å². The highest BCUT2D eigenvalue weighted by Gasteiger charge is 2.17. The van der Waals surface area contributed by atoms with Gasteiger partial charge in [0.2, 0.25) is 0 Å². The Kier molecular flexibility index (Phi) is 2.40. The fourth-order valence-corrected chi connectivity index (χ4v) is 1.67. The summed E-state index contributed by atoms with van der Waals surface area (Å²) in [5, 5.41) is 0. The van der Waals surface area contributed by atoms with Gasteiger partial charge in [-0.2, -0.15) is 0 Å². The lowest BCUT2D eigenvalue weighted by Crippen LogP contribution is -2.43. The summed E-state index contributed by atoms with van der Waals surface area (Å²) in [6.07, 6.45) is 7.47. The zero-order chi connectivity index (χ0) is 9.10. The molecule has 1 saturated heterocycles. The predicted octanol–water partition coefficient (Wildman–Crippen LogP) is 0.404. The lowest BCUT2D eigenvalue weighted by atomic mass is 10.1. The van der Waals surface area contributed by atoms with Gasteiger partial charge < -0.3 is 10.6 Å². The van der Waals surface area contributed by atoms with E-state index in [1.165, 1.54) is 0 Å². The summed E-state index contributed by atoms with van der Waals surface area (Å²) in [5.41, 5.74) is 5.87. The van der Waals surface area contributed by atoms with Gasteiger partial charge in [0.1, 0.15) is 5.82 Å². The molecule has 4 nitrogen and oxygen atoms in total. The topological polar surface area (TPSA) is 55.0 Å². The third-order valence-electron chi connectivity index (χ3n) is 2.33. The Morgan fingerprint density at radius 2 is 2.38 bits per heavy atom. The molecule has 1 aromatic heterocycles. The standard InChI is InChI=1S/C9H14N4/c10-8-2-1-5-13(7-8)9-6-11-3-4-12-9/h3-4,6,8H,1-2,5,7,10H2. The summed E-state index contributed by atoms with van der Waals surface area (Å²) >= 11 is 0. The molecule has 1 fully saturated rings. The average molecular weight is 178 g/mol. The maximum Gasteiger partial charge on any atom is 0.147 e. The first-order valence-electron chi connectivity index (χ1n) is 4.63. The normalized spacial score (nSPS) is 23.2. The molecule has 0 aliphatic carbocycles. The van der Waals surface area contributed by atoms with E-state index in [0.29, 0.717) is 0 Å². The Labute approximate surface area is 77.8 Å². The van der Waals surface area contributed by atoms with Crippen molar-refractivity contribution in [3.63, 3.8) is 0 Å². The van der Waals surface area contributed by atoms with Crippen LogP contribution < -0.4 is 10.6 Å².